The zero-order valence-corrected chi connectivity index (χ0v) is 13.1. The lowest BCUT2D eigenvalue weighted by Crippen LogP contribution is -2.24. The van der Waals surface area contributed by atoms with Crippen molar-refractivity contribution in [1.82, 2.24) is 5.32 Å². The maximum atomic E-state index is 13.1. The Morgan fingerprint density at radius 1 is 1.16 bits per heavy atom. The fourth-order valence-electron chi connectivity index (χ4n) is 2.10. The van der Waals surface area contributed by atoms with Crippen LogP contribution >= 0.6 is 0 Å². The van der Waals surface area contributed by atoms with Gasteiger partial charge in [-0.2, -0.15) is 13.2 Å². The summed E-state index contributed by atoms with van der Waals surface area (Å²) >= 11 is 0. The summed E-state index contributed by atoms with van der Waals surface area (Å²) in [5.74, 6) is -1.00. The lowest BCUT2D eigenvalue weighted by molar-refractivity contribution is -0.138. The van der Waals surface area contributed by atoms with E-state index in [9.17, 15) is 22.4 Å². The maximum Gasteiger partial charge on any atom is 0.416 e. The smallest absolute Gasteiger partial charge is 0.416 e. The molecule has 2 aromatic carbocycles. The summed E-state index contributed by atoms with van der Waals surface area (Å²) in [7, 11) is 0. The normalized spacial score (nSPS) is 11.0. The third-order valence-corrected chi connectivity index (χ3v) is 3.30. The zero-order chi connectivity index (χ0) is 18.4. The van der Waals surface area contributed by atoms with Crippen LogP contribution in [0.25, 0.3) is 0 Å². The molecule has 0 aromatic heterocycles. The summed E-state index contributed by atoms with van der Waals surface area (Å²) < 4.78 is 57.1. The Balaban J connectivity index is 2.06. The molecule has 0 saturated carbocycles. The summed E-state index contributed by atoms with van der Waals surface area (Å²) in [6, 6.07) is 8.45. The van der Waals surface area contributed by atoms with E-state index in [0.29, 0.717) is 18.4 Å². The van der Waals surface area contributed by atoms with Gasteiger partial charge >= 0.3 is 6.18 Å². The van der Waals surface area contributed by atoms with E-state index in [4.69, 9.17) is 4.74 Å². The van der Waals surface area contributed by atoms with Crippen molar-refractivity contribution in [3.05, 3.63) is 77.6 Å². The van der Waals surface area contributed by atoms with Crippen molar-refractivity contribution in [2.75, 3.05) is 6.61 Å². The highest BCUT2D eigenvalue weighted by Gasteiger charge is 2.33. The molecule has 0 atom stereocenters. The molecule has 0 unspecified atom stereocenters. The van der Waals surface area contributed by atoms with Gasteiger partial charge in [-0.1, -0.05) is 18.7 Å². The van der Waals surface area contributed by atoms with Crippen LogP contribution in [0.5, 0.6) is 5.75 Å². The average Bonchev–Trinajstić information content (AvgIpc) is 2.58. The Labute approximate surface area is 141 Å². The van der Waals surface area contributed by atoms with Crippen LogP contribution in [0, 0.1) is 5.82 Å². The minimum Gasteiger partial charge on any atom is -0.490 e. The number of benzene rings is 2. The molecule has 0 heterocycles. The van der Waals surface area contributed by atoms with Gasteiger partial charge in [0.05, 0.1) is 5.56 Å². The predicted molar refractivity (Wildman–Crippen MR) is 84.7 cm³/mol. The van der Waals surface area contributed by atoms with Gasteiger partial charge < -0.3 is 10.1 Å². The van der Waals surface area contributed by atoms with Crippen LogP contribution in [0.1, 0.15) is 21.5 Å². The van der Waals surface area contributed by atoms with Gasteiger partial charge in [-0.3, -0.25) is 4.79 Å². The number of ether oxygens (including phenoxy) is 1. The third-order valence-electron chi connectivity index (χ3n) is 3.30. The summed E-state index contributed by atoms with van der Waals surface area (Å²) in [5.41, 5.74) is -1.06. The van der Waals surface area contributed by atoms with E-state index in [1.54, 1.807) is 18.2 Å². The molecule has 132 valence electrons. The molecular formula is C18H15F4NO2. The molecule has 2 rings (SSSR count). The highest BCUT2D eigenvalue weighted by atomic mass is 19.4. The van der Waals surface area contributed by atoms with Gasteiger partial charge in [0.25, 0.3) is 5.91 Å². The molecule has 0 aliphatic heterocycles. The van der Waals surface area contributed by atoms with Crippen molar-refractivity contribution >= 4 is 5.91 Å². The molecule has 1 amide bonds. The Hall–Kier alpha value is -2.83. The number of carbonyl (C=O) groups excluding carboxylic acids is 1. The van der Waals surface area contributed by atoms with Crippen molar-refractivity contribution in [2.24, 2.45) is 0 Å². The third kappa shape index (κ3) is 5.07. The number of hydrogen-bond acceptors (Lipinski definition) is 2. The van der Waals surface area contributed by atoms with Crippen LogP contribution < -0.4 is 10.1 Å². The average molecular weight is 353 g/mol. The molecule has 3 nitrogen and oxygen atoms in total. The highest BCUT2D eigenvalue weighted by molar-refractivity contribution is 5.94. The van der Waals surface area contributed by atoms with Crippen molar-refractivity contribution in [3.8, 4) is 5.75 Å². The maximum absolute atomic E-state index is 13.1. The molecular weight excluding hydrogens is 338 g/mol. The highest BCUT2D eigenvalue weighted by Crippen LogP contribution is 2.32. The Kier molecular flexibility index (Phi) is 5.80. The van der Waals surface area contributed by atoms with Crippen LogP contribution in [0.4, 0.5) is 17.6 Å². The first-order chi connectivity index (χ1) is 11.8. The molecule has 0 bridgehead atoms. The Bertz CT molecular complexity index is 755. The quantitative estimate of drug-likeness (QED) is 0.620. The zero-order valence-electron chi connectivity index (χ0n) is 13.1. The monoisotopic (exact) mass is 353 g/mol. The van der Waals surface area contributed by atoms with E-state index >= 15 is 0 Å². The molecule has 0 aliphatic carbocycles. The Morgan fingerprint density at radius 3 is 2.44 bits per heavy atom. The fourth-order valence-corrected chi connectivity index (χ4v) is 2.10. The molecule has 25 heavy (non-hydrogen) atoms. The van der Waals surface area contributed by atoms with Gasteiger partial charge in [0.15, 0.2) is 0 Å². The number of rotatable bonds is 6. The molecule has 1 N–H and O–H groups in total. The summed E-state index contributed by atoms with van der Waals surface area (Å²) in [4.78, 5) is 12.0. The standard InChI is InChI=1S/C18H15F4NO2/c1-2-9-25-15-7-4-12(5-8-15)17(24)23-11-13-3-6-14(19)10-16(13)18(20,21)22/h2-8,10H,1,9,11H2,(H,23,24). The number of amides is 1. The summed E-state index contributed by atoms with van der Waals surface area (Å²) in [6.07, 6.45) is -3.13. The van der Waals surface area contributed by atoms with Gasteiger partial charge in [0.2, 0.25) is 0 Å². The fraction of sp³-hybridized carbons (Fsp3) is 0.167. The SMILES string of the molecule is C=CCOc1ccc(C(=O)NCc2ccc(F)cc2C(F)(F)F)cc1. The van der Waals surface area contributed by atoms with E-state index in [2.05, 4.69) is 11.9 Å². The lowest BCUT2D eigenvalue weighted by Gasteiger charge is -2.13. The van der Waals surface area contributed by atoms with E-state index in [1.807, 2.05) is 0 Å². The van der Waals surface area contributed by atoms with Gasteiger partial charge in [0, 0.05) is 12.1 Å². The van der Waals surface area contributed by atoms with Crippen molar-refractivity contribution in [1.29, 1.82) is 0 Å². The van der Waals surface area contributed by atoms with Crippen molar-refractivity contribution in [3.63, 3.8) is 0 Å². The van der Waals surface area contributed by atoms with E-state index in [-0.39, 0.29) is 17.7 Å². The molecule has 0 saturated heterocycles. The predicted octanol–water partition coefficient (Wildman–Crippen LogP) is 4.34. The second-order valence-electron chi connectivity index (χ2n) is 5.11. The summed E-state index contributed by atoms with van der Waals surface area (Å²) in [5, 5.41) is 2.39. The van der Waals surface area contributed by atoms with Gasteiger partial charge in [0.1, 0.15) is 18.2 Å². The van der Waals surface area contributed by atoms with E-state index in [1.165, 1.54) is 12.1 Å². The number of nitrogens with one attached hydrogen (secondary N) is 1. The largest absolute Gasteiger partial charge is 0.490 e. The minimum absolute atomic E-state index is 0.215. The van der Waals surface area contributed by atoms with Crippen molar-refractivity contribution < 1.29 is 27.1 Å². The van der Waals surface area contributed by atoms with Crippen LogP contribution in [0.15, 0.2) is 55.1 Å². The molecule has 0 aliphatic rings. The van der Waals surface area contributed by atoms with Crippen LogP contribution in [-0.2, 0) is 12.7 Å². The second-order valence-corrected chi connectivity index (χ2v) is 5.11. The van der Waals surface area contributed by atoms with E-state index in [0.717, 1.165) is 12.1 Å². The number of carbonyl (C=O) groups is 1. The van der Waals surface area contributed by atoms with Crippen molar-refractivity contribution in [2.45, 2.75) is 12.7 Å². The first kappa shape index (κ1) is 18.5. The van der Waals surface area contributed by atoms with Gasteiger partial charge in [-0.25, -0.2) is 4.39 Å². The molecule has 2 aromatic rings. The van der Waals surface area contributed by atoms with Crippen LogP contribution in [-0.4, -0.2) is 12.5 Å². The van der Waals surface area contributed by atoms with Gasteiger partial charge in [-0.05, 0) is 42.0 Å². The lowest BCUT2D eigenvalue weighted by atomic mass is 10.1. The minimum atomic E-state index is -4.70. The summed E-state index contributed by atoms with van der Waals surface area (Å²) in [6.45, 7) is 3.46. The molecule has 7 heteroatoms. The van der Waals surface area contributed by atoms with Crippen LogP contribution in [0.2, 0.25) is 0 Å². The van der Waals surface area contributed by atoms with Gasteiger partial charge in [-0.15, -0.1) is 0 Å². The molecule has 0 fully saturated rings. The Morgan fingerprint density at radius 2 is 1.84 bits per heavy atom. The number of hydrogen-bond donors (Lipinski definition) is 1. The first-order valence-electron chi connectivity index (χ1n) is 7.29. The number of halogens is 4. The topological polar surface area (TPSA) is 38.3 Å². The first-order valence-corrected chi connectivity index (χ1v) is 7.29. The second kappa shape index (κ2) is 7.83. The van der Waals surface area contributed by atoms with Crippen LogP contribution in [0.3, 0.4) is 0 Å². The molecule has 0 spiro atoms. The van der Waals surface area contributed by atoms with E-state index < -0.39 is 23.5 Å². The molecule has 0 radical (unpaired) electrons. The number of alkyl halides is 3.